The van der Waals surface area contributed by atoms with E-state index in [1.165, 1.54) is 29.7 Å². The highest BCUT2D eigenvalue weighted by Crippen LogP contribution is 2.37. The molecule has 0 aliphatic heterocycles. The SMILES string of the molecule is O=C(NO)c1cc(CSc2ccccc2C(F)(F)F)on1. The highest BCUT2D eigenvalue weighted by Gasteiger charge is 2.33. The molecule has 9 heteroatoms. The molecule has 0 aliphatic rings. The topological polar surface area (TPSA) is 75.4 Å². The number of carbonyl (C=O) groups excluding carboxylic acids is 1. The highest BCUT2D eigenvalue weighted by molar-refractivity contribution is 7.98. The summed E-state index contributed by atoms with van der Waals surface area (Å²) < 4.78 is 43.2. The maximum atomic E-state index is 12.8. The molecule has 0 aliphatic carbocycles. The van der Waals surface area contributed by atoms with Crippen LogP contribution >= 0.6 is 11.8 Å². The molecule has 21 heavy (non-hydrogen) atoms. The van der Waals surface area contributed by atoms with Gasteiger partial charge < -0.3 is 4.52 Å². The number of hydrogen-bond donors (Lipinski definition) is 2. The summed E-state index contributed by atoms with van der Waals surface area (Å²) in [4.78, 5) is 11.1. The number of rotatable bonds is 4. The molecular weight excluding hydrogens is 309 g/mol. The van der Waals surface area contributed by atoms with Crippen molar-refractivity contribution < 1.29 is 27.7 Å². The third-order valence-electron chi connectivity index (χ3n) is 2.46. The first-order chi connectivity index (χ1) is 9.91. The molecule has 0 fully saturated rings. The van der Waals surface area contributed by atoms with Gasteiger partial charge in [0.1, 0.15) is 5.76 Å². The Kier molecular flexibility index (Phi) is 4.53. The fourth-order valence-electron chi connectivity index (χ4n) is 1.52. The zero-order valence-corrected chi connectivity index (χ0v) is 11.2. The Hall–Kier alpha value is -2.00. The summed E-state index contributed by atoms with van der Waals surface area (Å²) in [6, 6.07) is 6.40. The van der Waals surface area contributed by atoms with Crippen molar-refractivity contribution in [3.05, 3.63) is 47.3 Å². The summed E-state index contributed by atoms with van der Waals surface area (Å²) in [5.74, 6) is -0.569. The summed E-state index contributed by atoms with van der Waals surface area (Å²) in [6.45, 7) is 0. The van der Waals surface area contributed by atoms with Gasteiger partial charge in [0.15, 0.2) is 5.69 Å². The van der Waals surface area contributed by atoms with Gasteiger partial charge in [0, 0.05) is 11.0 Å². The summed E-state index contributed by atoms with van der Waals surface area (Å²) in [7, 11) is 0. The van der Waals surface area contributed by atoms with Crippen LogP contribution in [-0.4, -0.2) is 16.3 Å². The zero-order valence-electron chi connectivity index (χ0n) is 10.3. The number of nitrogens with zero attached hydrogens (tertiary/aromatic N) is 1. The Balaban J connectivity index is 2.10. The Morgan fingerprint density at radius 3 is 2.76 bits per heavy atom. The summed E-state index contributed by atoms with van der Waals surface area (Å²) in [5.41, 5.74) is 0.492. The maximum Gasteiger partial charge on any atom is 0.417 e. The van der Waals surface area contributed by atoms with Gasteiger partial charge in [-0.3, -0.25) is 10.0 Å². The molecule has 0 saturated heterocycles. The minimum atomic E-state index is -4.44. The van der Waals surface area contributed by atoms with Crippen LogP contribution < -0.4 is 5.48 Å². The molecule has 0 unspecified atom stereocenters. The van der Waals surface area contributed by atoms with Gasteiger partial charge in [-0.15, -0.1) is 11.8 Å². The van der Waals surface area contributed by atoms with Crippen molar-refractivity contribution >= 4 is 17.7 Å². The van der Waals surface area contributed by atoms with Crippen LogP contribution in [0.2, 0.25) is 0 Å². The summed E-state index contributed by atoms with van der Waals surface area (Å²) >= 11 is 0.912. The third-order valence-corrected chi connectivity index (χ3v) is 3.55. The van der Waals surface area contributed by atoms with Crippen molar-refractivity contribution in [2.75, 3.05) is 0 Å². The van der Waals surface area contributed by atoms with Crippen LogP contribution in [0.1, 0.15) is 21.8 Å². The van der Waals surface area contributed by atoms with E-state index in [1.54, 1.807) is 0 Å². The van der Waals surface area contributed by atoms with E-state index >= 15 is 0 Å². The van der Waals surface area contributed by atoms with Crippen LogP contribution in [0.5, 0.6) is 0 Å². The van der Waals surface area contributed by atoms with Gasteiger partial charge in [-0.2, -0.15) is 13.2 Å². The van der Waals surface area contributed by atoms with E-state index in [2.05, 4.69) is 5.16 Å². The number of thioether (sulfide) groups is 1. The Bertz CT molecular complexity index is 643. The molecule has 5 nitrogen and oxygen atoms in total. The molecule has 0 atom stereocenters. The van der Waals surface area contributed by atoms with Gasteiger partial charge in [0.2, 0.25) is 0 Å². The Morgan fingerprint density at radius 1 is 1.38 bits per heavy atom. The zero-order chi connectivity index (χ0) is 15.5. The van der Waals surface area contributed by atoms with Crippen molar-refractivity contribution in [3.8, 4) is 0 Å². The molecule has 0 spiro atoms. The fourth-order valence-corrected chi connectivity index (χ4v) is 2.47. The molecule has 1 aromatic heterocycles. The second-order valence-corrected chi connectivity index (χ2v) is 4.92. The molecule has 0 radical (unpaired) electrons. The molecular formula is C12H9F3N2O3S. The number of halogens is 3. The molecule has 0 bridgehead atoms. The van der Waals surface area contributed by atoms with E-state index in [1.807, 2.05) is 0 Å². The van der Waals surface area contributed by atoms with E-state index in [0.717, 1.165) is 17.8 Å². The number of aromatic nitrogens is 1. The first kappa shape index (κ1) is 15.4. The summed E-state index contributed by atoms with van der Waals surface area (Å²) in [5, 5.41) is 11.8. The smallest absolute Gasteiger partial charge is 0.360 e. The standard InChI is InChI=1S/C12H9F3N2O3S/c13-12(14,15)8-3-1-2-4-10(8)21-6-7-5-9(17-20-7)11(18)16-19/h1-5,19H,6H2,(H,16,18). The molecule has 1 heterocycles. The van der Waals surface area contributed by atoms with Gasteiger partial charge in [0.05, 0.1) is 11.3 Å². The van der Waals surface area contributed by atoms with Crippen molar-refractivity contribution in [3.63, 3.8) is 0 Å². The van der Waals surface area contributed by atoms with E-state index in [0.29, 0.717) is 0 Å². The largest absolute Gasteiger partial charge is 0.417 e. The predicted molar refractivity (Wildman–Crippen MR) is 66.8 cm³/mol. The van der Waals surface area contributed by atoms with Crippen LogP contribution in [0.3, 0.4) is 0 Å². The van der Waals surface area contributed by atoms with Crippen LogP contribution in [0.15, 0.2) is 39.8 Å². The fraction of sp³-hybridized carbons (Fsp3) is 0.167. The monoisotopic (exact) mass is 318 g/mol. The van der Waals surface area contributed by atoms with Crippen LogP contribution in [0, 0.1) is 0 Å². The first-order valence-corrected chi connectivity index (χ1v) is 6.59. The number of carbonyl (C=O) groups is 1. The van der Waals surface area contributed by atoms with Gasteiger partial charge in [-0.05, 0) is 12.1 Å². The van der Waals surface area contributed by atoms with Crippen molar-refractivity contribution in [2.24, 2.45) is 0 Å². The van der Waals surface area contributed by atoms with E-state index in [4.69, 9.17) is 9.73 Å². The Labute approximate surface area is 121 Å². The van der Waals surface area contributed by atoms with Crippen LogP contribution in [0.4, 0.5) is 13.2 Å². The van der Waals surface area contributed by atoms with E-state index < -0.39 is 17.6 Å². The van der Waals surface area contributed by atoms with E-state index in [-0.39, 0.29) is 22.1 Å². The normalized spacial score (nSPS) is 11.4. The average molecular weight is 318 g/mol. The van der Waals surface area contributed by atoms with Crippen molar-refractivity contribution in [1.29, 1.82) is 0 Å². The van der Waals surface area contributed by atoms with E-state index in [9.17, 15) is 18.0 Å². The number of hydroxylamine groups is 1. The lowest BCUT2D eigenvalue weighted by molar-refractivity contribution is -0.139. The molecule has 2 aromatic rings. The number of alkyl halides is 3. The van der Waals surface area contributed by atoms with Crippen LogP contribution in [0.25, 0.3) is 0 Å². The third kappa shape index (κ3) is 3.76. The number of benzene rings is 1. The number of hydrogen-bond acceptors (Lipinski definition) is 5. The van der Waals surface area contributed by atoms with Gasteiger partial charge in [-0.25, -0.2) is 5.48 Å². The molecule has 2 N–H and O–H groups in total. The first-order valence-electron chi connectivity index (χ1n) is 5.61. The van der Waals surface area contributed by atoms with Crippen LogP contribution in [-0.2, 0) is 11.9 Å². The quantitative estimate of drug-likeness (QED) is 0.515. The summed E-state index contributed by atoms with van der Waals surface area (Å²) in [6.07, 6.45) is -4.44. The highest BCUT2D eigenvalue weighted by atomic mass is 32.2. The maximum absolute atomic E-state index is 12.8. The van der Waals surface area contributed by atoms with Gasteiger partial charge in [-0.1, -0.05) is 17.3 Å². The molecule has 1 amide bonds. The lowest BCUT2D eigenvalue weighted by Gasteiger charge is -2.11. The second-order valence-electron chi connectivity index (χ2n) is 3.90. The minimum Gasteiger partial charge on any atom is -0.360 e. The van der Waals surface area contributed by atoms with Crippen molar-refractivity contribution in [1.82, 2.24) is 10.6 Å². The second kappa shape index (κ2) is 6.19. The molecule has 112 valence electrons. The lowest BCUT2D eigenvalue weighted by Crippen LogP contribution is -2.18. The Morgan fingerprint density at radius 2 is 2.10 bits per heavy atom. The minimum absolute atomic E-state index is 0.0505. The predicted octanol–water partition coefficient (Wildman–Crippen LogP) is 3.10. The van der Waals surface area contributed by atoms with Gasteiger partial charge in [0.25, 0.3) is 5.91 Å². The molecule has 2 rings (SSSR count). The lowest BCUT2D eigenvalue weighted by atomic mass is 10.2. The number of nitrogens with one attached hydrogen (secondary N) is 1. The van der Waals surface area contributed by atoms with Crippen molar-refractivity contribution in [2.45, 2.75) is 16.8 Å². The molecule has 0 saturated carbocycles. The average Bonchev–Trinajstić information content (AvgIpc) is 2.92. The number of amides is 1. The molecule has 1 aromatic carbocycles. The van der Waals surface area contributed by atoms with Gasteiger partial charge >= 0.3 is 6.18 Å².